The molecule has 5 heterocycles. The minimum Gasteiger partial charge on any atom is -0.365 e. The zero-order valence-corrected chi connectivity index (χ0v) is 22.4. The van der Waals surface area contributed by atoms with E-state index in [1.165, 1.54) is 0 Å². The molecule has 39 heavy (non-hydrogen) atoms. The first-order chi connectivity index (χ1) is 18.5. The summed E-state index contributed by atoms with van der Waals surface area (Å²) in [5, 5.41) is 5.86. The van der Waals surface area contributed by atoms with Crippen LogP contribution in [0.2, 0.25) is 0 Å². The summed E-state index contributed by atoms with van der Waals surface area (Å²) < 4.78 is 48.2. The average Bonchev–Trinajstić information content (AvgIpc) is 3.44. The van der Waals surface area contributed by atoms with Crippen molar-refractivity contribution in [2.75, 3.05) is 28.4 Å². The summed E-state index contributed by atoms with van der Waals surface area (Å²) >= 11 is 1.15. The number of hydrogen-bond donors (Lipinski definition) is 3. The first-order valence-electron chi connectivity index (χ1n) is 12.9. The summed E-state index contributed by atoms with van der Waals surface area (Å²) in [4.78, 5) is 24.9. The van der Waals surface area contributed by atoms with Crippen molar-refractivity contribution in [1.29, 1.82) is 0 Å². The smallest absolute Gasteiger partial charge is 0.365 e. The van der Waals surface area contributed by atoms with Gasteiger partial charge in [-0.3, -0.25) is 14.5 Å². The van der Waals surface area contributed by atoms with Gasteiger partial charge in [-0.25, -0.2) is 9.97 Å². The molecule has 1 saturated heterocycles. The molecular formula is C26H30F3N7O2S. The van der Waals surface area contributed by atoms with Crippen LogP contribution in [-0.4, -0.2) is 53.0 Å². The van der Waals surface area contributed by atoms with Gasteiger partial charge in [-0.05, 0) is 69.9 Å². The lowest BCUT2D eigenvalue weighted by atomic mass is 9.99. The molecule has 3 aliphatic heterocycles. The van der Waals surface area contributed by atoms with E-state index in [-0.39, 0.29) is 43.4 Å². The van der Waals surface area contributed by atoms with Crippen LogP contribution >= 0.6 is 11.9 Å². The van der Waals surface area contributed by atoms with Crippen molar-refractivity contribution in [1.82, 2.24) is 20.1 Å². The fourth-order valence-electron chi connectivity index (χ4n) is 5.42. The standard InChI is InChI=1S/C26H30F3N7O2S/c1-24(2)14-16-15-35(24)22-17(23(37)34-39-21-5-3-4-18(30-16)31-21)6-7-19(32-22)36-12-8-20(33-36)38-13-11-25(9-10-25)26(27,28)29/h3-8,12,16,20,33H,9-11,13-15H2,1-2H3,(H,30,31)(H,34,37). The van der Waals surface area contributed by atoms with Crippen LogP contribution in [0.1, 0.15) is 49.9 Å². The maximum absolute atomic E-state index is 13.3. The van der Waals surface area contributed by atoms with E-state index in [2.05, 4.69) is 39.2 Å². The van der Waals surface area contributed by atoms with Gasteiger partial charge in [-0.2, -0.15) is 18.6 Å². The molecule has 2 fully saturated rings. The van der Waals surface area contributed by atoms with Gasteiger partial charge in [0.05, 0.1) is 11.0 Å². The Hall–Kier alpha value is -3.03. The predicted octanol–water partition coefficient (Wildman–Crippen LogP) is 4.61. The Morgan fingerprint density at radius 2 is 2.00 bits per heavy atom. The lowest BCUT2D eigenvalue weighted by Crippen LogP contribution is -2.41. The zero-order chi connectivity index (χ0) is 27.4. The van der Waals surface area contributed by atoms with Crippen molar-refractivity contribution in [2.24, 2.45) is 5.41 Å². The molecule has 1 aliphatic carbocycles. The number of amides is 1. The molecule has 6 rings (SSSR count). The number of anilines is 3. The predicted molar refractivity (Wildman–Crippen MR) is 142 cm³/mol. The molecule has 0 aromatic carbocycles. The second-order valence-corrected chi connectivity index (χ2v) is 11.9. The highest BCUT2D eigenvalue weighted by Gasteiger charge is 2.62. The SMILES string of the molecule is CC1(C)CC2CN1c1nc(N3C=CC(OCCC4(C(F)(F)F)CC4)N3)ccc1C(=O)NSc1cccc(n1)N2. The third kappa shape index (κ3) is 5.14. The van der Waals surface area contributed by atoms with Crippen molar-refractivity contribution in [3.05, 3.63) is 48.2 Å². The number of pyridine rings is 2. The number of halogens is 3. The molecule has 208 valence electrons. The summed E-state index contributed by atoms with van der Waals surface area (Å²) in [7, 11) is 0. The maximum atomic E-state index is 13.3. The van der Waals surface area contributed by atoms with E-state index in [1.54, 1.807) is 29.4 Å². The Labute approximate surface area is 228 Å². The lowest BCUT2D eigenvalue weighted by Gasteiger charge is -2.34. The van der Waals surface area contributed by atoms with Gasteiger partial charge in [-0.1, -0.05) is 6.07 Å². The van der Waals surface area contributed by atoms with Gasteiger partial charge < -0.3 is 15.0 Å². The molecule has 2 atom stereocenters. The molecule has 9 nitrogen and oxygen atoms in total. The number of hydrazine groups is 1. The number of ether oxygens (including phenoxy) is 1. The second-order valence-electron chi connectivity index (χ2n) is 11.1. The van der Waals surface area contributed by atoms with Crippen LogP contribution in [-0.2, 0) is 4.74 Å². The molecule has 2 unspecified atom stereocenters. The van der Waals surface area contributed by atoms with Gasteiger partial charge in [0, 0.05) is 42.9 Å². The Balaban J connectivity index is 1.20. The van der Waals surface area contributed by atoms with Crippen LogP contribution in [0, 0.1) is 5.41 Å². The molecule has 0 radical (unpaired) electrons. The summed E-state index contributed by atoms with van der Waals surface area (Å²) in [6, 6.07) is 9.23. The van der Waals surface area contributed by atoms with Crippen molar-refractivity contribution in [3.8, 4) is 0 Å². The number of aromatic nitrogens is 2. The molecule has 2 aromatic heterocycles. The largest absolute Gasteiger partial charge is 0.394 e. The van der Waals surface area contributed by atoms with Gasteiger partial charge in [-0.15, -0.1) is 0 Å². The number of nitrogens with one attached hydrogen (secondary N) is 3. The van der Waals surface area contributed by atoms with Gasteiger partial charge in [0.15, 0.2) is 0 Å². The van der Waals surface area contributed by atoms with Crippen molar-refractivity contribution < 1.29 is 22.7 Å². The molecule has 4 aliphatic rings. The van der Waals surface area contributed by atoms with Crippen LogP contribution in [0.25, 0.3) is 0 Å². The molecule has 3 N–H and O–H groups in total. The minimum atomic E-state index is -4.19. The molecule has 2 aromatic rings. The number of carbonyl (C=O) groups excluding carboxylic acids is 1. The van der Waals surface area contributed by atoms with Crippen molar-refractivity contribution >= 4 is 35.3 Å². The van der Waals surface area contributed by atoms with Crippen LogP contribution in [0.15, 0.2) is 47.6 Å². The van der Waals surface area contributed by atoms with E-state index < -0.39 is 17.8 Å². The summed E-state index contributed by atoms with van der Waals surface area (Å²) in [5.74, 6) is 1.56. The molecule has 1 amide bonds. The number of nitrogens with zero attached hydrogens (tertiary/aromatic N) is 4. The summed E-state index contributed by atoms with van der Waals surface area (Å²) in [5.41, 5.74) is 1.67. The Morgan fingerprint density at radius 1 is 1.18 bits per heavy atom. The lowest BCUT2D eigenvalue weighted by molar-refractivity contribution is -0.192. The van der Waals surface area contributed by atoms with Crippen LogP contribution in [0.3, 0.4) is 0 Å². The first-order valence-corrected chi connectivity index (χ1v) is 13.8. The van der Waals surface area contributed by atoms with E-state index in [0.29, 0.717) is 28.8 Å². The van der Waals surface area contributed by atoms with Crippen LogP contribution < -0.4 is 25.4 Å². The number of rotatable bonds is 5. The summed E-state index contributed by atoms with van der Waals surface area (Å²) in [6.45, 7) is 4.86. The molecular weight excluding hydrogens is 531 g/mol. The third-order valence-electron chi connectivity index (χ3n) is 7.82. The maximum Gasteiger partial charge on any atom is 0.394 e. The van der Waals surface area contributed by atoms with E-state index in [1.807, 2.05) is 18.2 Å². The van der Waals surface area contributed by atoms with Crippen LogP contribution in [0.5, 0.6) is 0 Å². The quantitative estimate of drug-likeness (QED) is 0.453. The van der Waals surface area contributed by atoms with Crippen LogP contribution in [0.4, 0.5) is 30.6 Å². The topological polar surface area (TPSA) is 94.7 Å². The second kappa shape index (κ2) is 9.56. The van der Waals surface area contributed by atoms with Crippen molar-refractivity contribution in [2.45, 2.75) is 68.5 Å². The van der Waals surface area contributed by atoms with E-state index in [4.69, 9.17) is 9.72 Å². The zero-order valence-electron chi connectivity index (χ0n) is 21.6. The fourth-order valence-corrected chi connectivity index (χ4v) is 6.01. The number of carbonyl (C=O) groups is 1. The molecule has 1 saturated carbocycles. The van der Waals surface area contributed by atoms with E-state index in [0.717, 1.165) is 24.2 Å². The molecule has 13 heteroatoms. The Kier molecular flexibility index (Phi) is 6.42. The van der Waals surface area contributed by atoms with Gasteiger partial charge in [0.25, 0.3) is 5.91 Å². The van der Waals surface area contributed by atoms with E-state index >= 15 is 0 Å². The monoisotopic (exact) mass is 561 g/mol. The van der Waals surface area contributed by atoms with Gasteiger partial charge >= 0.3 is 6.18 Å². The normalized spacial score (nSPS) is 24.9. The highest BCUT2D eigenvalue weighted by atomic mass is 32.2. The highest BCUT2D eigenvalue weighted by molar-refractivity contribution is 7.97. The summed E-state index contributed by atoms with van der Waals surface area (Å²) in [6.07, 6.45) is -0.203. The van der Waals surface area contributed by atoms with Crippen molar-refractivity contribution in [3.63, 3.8) is 0 Å². The Bertz CT molecular complexity index is 1300. The number of alkyl halides is 3. The first kappa shape index (κ1) is 26.2. The number of fused-ring (bicyclic) bond motifs is 6. The average molecular weight is 562 g/mol. The third-order valence-corrected chi connectivity index (χ3v) is 8.54. The van der Waals surface area contributed by atoms with Gasteiger partial charge in [0.2, 0.25) is 0 Å². The van der Waals surface area contributed by atoms with E-state index in [9.17, 15) is 18.0 Å². The molecule has 4 bridgehead atoms. The fraction of sp³-hybridized carbons (Fsp3) is 0.500. The molecule has 0 spiro atoms. The minimum absolute atomic E-state index is 0.00190. The highest BCUT2D eigenvalue weighted by Crippen LogP contribution is 2.59. The Morgan fingerprint density at radius 3 is 2.77 bits per heavy atom. The number of hydrogen-bond acceptors (Lipinski definition) is 9. The van der Waals surface area contributed by atoms with Gasteiger partial charge in [0.1, 0.15) is 28.7 Å².